The van der Waals surface area contributed by atoms with Crippen LogP contribution in [0.1, 0.15) is 5.69 Å². The van der Waals surface area contributed by atoms with Crippen LogP contribution in [0.4, 0.5) is 5.82 Å². The van der Waals surface area contributed by atoms with Gasteiger partial charge in [0.2, 0.25) is 0 Å². The molecule has 0 fully saturated rings. The number of rotatable bonds is 1. The lowest BCUT2D eigenvalue weighted by Gasteiger charge is -2.03. The number of nitrogens with zero attached hydrogens (tertiary/aromatic N) is 4. The van der Waals surface area contributed by atoms with E-state index in [-0.39, 0.29) is 0 Å². The molecule has 3 heterocycles. The Morgan fingerprint density at radius 3 is 3.00 bits per heavy atom. The average molecular weight is 231 g/mol. The number of thiophene rings is 1. The molecule has 6 heteroatoms. The fourth-order valence-electron chi connectivity index (χ4n) is 1.63. The van der Waals surface area contributed by atoms with Gasteiger partial charge in [0.1, 0.15) is 17.0 Å². The molecule has 0 bridgehead atoms. The van der Waals surface area contributed by atoms with Crippen molar-refractivity contribution in [3.8, 4) is 5.82 Å². The lowest BCUT2D eigenvalue weighted by molar-refractivity contribution is 0.846. The van der Waals surface area contributed by atoms with Gasteiger partial charge in [-0.25, -0.2) is 9.97 Å². The number of hydrogen-bond donors (Lipinski definition) is 1. The second-order valence-corrected chi connectivity index (χ2v) is 4.35. The first-order chi connectivity index (χ1) is 7.75. The van der Waals surface area contributed by atoms with Crippen LogP contribution in [-0.2, 0) is 0 Å². The van der Waals surface area contributed by atoms with Crippen molar-refractivity contribution in [2.45, 2.75) is 6.92 Å². The molecule has 16 heavy (non-hydrogen) atoms. The van der Waals surface area contributed by atoms with Gasteiger partial charge in [-0.1, -0.05) is 0 Å². The van der Waals surface area contributed by atoms with E-state index in [4.69, 9.17) is 5.73 Å². The van der Waals surface area contributed by atoms with Gasteiger partial charge in [-0.2, -0.15) is 9.78 Å². The minimum atomic E-state index is 0.587. The van der Waals surface area contributed by atoms with Crippen molar-refractivity contribution in [2.75, 3.05) is 5.73 Å². The topological polar surface area (TPSA) is 69.6 Å². The molecule has 0 saturated carbocycles. The average Bonchev–Trinajstić information content (AvgIpc) is 2.84. The third kappa shape index (κ3) is 1.27. The Morgan fingerprint density at radius 1 is 1.38 bits per heavy atom. The second kappa shape index (κ2) is 3.28. The standard InChI is InChI=1S/C10H9N5S/c1-6-4-8(11)15(14-6)9-7-2-3-16-10(7)13-5-12-9/h2-5H,11H2,1H3. The summed E-state index contributed by atoms with van der Waals surface area (Å²) in [5.41, 5.74) is 6.75. The predicted molar refractivity (Wildman–Crippen MR) is 63.7 cm³/mol. The van der Waals surface area contributed by atoms with Crippen molar-refractivity contribution in [1.82, 2.24) is 19.7 Å². The van der Waals surface area contributed by atoms with Gasteiger partial charge in [0.25, 0.3) is 0 Å². The molecule has 3 aromatic heterocycles. The lowest BCUT2D eigenvalue weighted by atomic mass is 10.4. The number of nitrogen functional groups attached to an aromatic ring is 1. The van der Waals surface area contributed by atoms with Crippen molar-refractivity contribution in [1.29, 1.82) is 0 Å². The monoisotopic (exact) mass is 231 g/mol. The van der Waals surface area contributed by atoms with Crippen LogP contribution >= 0.6 is 11.3 Å². The second-order valence-electron chi connectivity index (χ2n) is 3.46. The summed E-state index contributed by atoms with van der Waals surface area (Å²) in [7, 11) is 0. The Balaban J connectivity index is 2.33. The summed E-state index contributed by atoms with van der Waals surface area (Å²) >= 11 is 1.58. The maximum Gasteiger partial charge on any atom is 0.167 e. The highest BCUT2D eigenvalue weighted by Gasteiger charge is 2.10. The van der Waals surface area contributed by atoms with Crippen molar-refractivity contribution in [3.63, 3.8) is 0 Å². The van der Waals surface area contributed by atoms with Gasteiger partial charge in [0, 0.05) is 6.07 Å². The molecule has 0 aliphatic carbocycles. The Bertz CT molecular complexity index is 654. The van der Waals surface area contributed by atoms with E-state index >= 15 is 0 Å². The smallest absolute Gasteiger partial charge is 0.167 e. The fraction of sp³-hybridized carbons (Fsp3) is 0.100. The third-order valence-corrected chi connectivity index (χ3v) is 3.12. The highest BCUT2D eigenvalue weighted by Crippen LogP contribution is 2.24. The number of aryl methyl sites for hydroxylation is 1. The van der Waals surface area contributed by atoms with Crippen LogP contribution < -0.4 is 5.73 Å². The molecule has 2 N–H and O–H groups in total. The maximum atomic E-state index is 5.88. The first-order valence-corrected chi connectivity index (χ1v) is 5.64. The van der Waals surface area contributed by atoms with Gasteiger partial charge < -0.3 is 5.73 Å². The normalized spacial score (nSPS) is 11.1. The molecule has 0 aliphatic rings. The van der Waals surface area contributed by atoms with E-state index < -0.39 is 0 Å². The Labute approximate surface area is 95.6 Å². The molecule has 80 valence electrons. The van der Waals surface area contributed by atoms with E-state index in [2.05, 4.69) is 15.1 Å². The molecule has 0 aromatic carbocycles. The Kier molecular flexibility index (Phi) is 1.90. The van der Waals surface area contributed by atoms with Crippen LogP contribution in [0.3, 0.4) is 0 Å². The number of fused-ring (bicyclic) bond motifs is 1. The van der Waals surface area contributed by atoms with Gasteiger partial charge in [-0.15, -0.1) is 11.3 Å². The van der Waals surface area contributed by atoms with Crippen LogP contribution in [0.2, 0.25) is 0 Å². The summed E-state index contributed by atoms with van der Waals surface area (Å²) in [6.45, 7) is 1.90. The predicted octanol–water partition coefficient (Wildman–Crippen LogP) is 1.77. The Morgan fingerprint density at radius 2 is 2.25 bits per heavy atom. The number of anilines is 1. The SMILES string of the molecule is Cc1cc(N)n(-c2ncnc3sccc23)n1. The fourth-order valence-corrected chi connectivity index (χ4v) is 2.36. The zero-order valence-electron chi connectivity index (χ0n) is 8.58. The van der Waals surface area contributed by atoms with Crippen molar-refractivity contribution >= 4 is 27.4 Å². The summed E-state index contributed by atoms with van der Waals surface area (Å²) in [6.07, 6.45) is 1.53. The van der Waals surface area contributed by atoms with Gasteiger partial charge in [-0.05, 0) is 18.4 Å². The molecular weight excluding hydrogens is 222 g/mol. The first kappa shape index (κ1) is 9.29. The van der Waals surface area contributed by atoms with Gasteiger partial charge in [0.15, 0.2) is 5.82 Å². The minimum absolute atomic E-state index is 0.587. The van der Waals surface area contributed by atoms with Crippen LogP contribution in [0, 0.1) is 6.92 Å². The van der Waals surface area contributed by atoms with Gasteiger partial charge >= 0.3 is 0 Å². The first-order valence-electron chi connectivity index (χ1n) is 4.76. The van der Waals surface area contributed by atoms with E-state index in [0.29, 0.717) is 5.82 Å². The van der Waals surface area contributed by atoms with Gasteiger partial charge in [-0.3, -0.25) is 0 Å². The van der Waals surface area contributed by atoms with E-state index in [9.17, 15) is 0 Å². The number of nitrogens with two attached hydrogens (primary N) is 1. The summed E-state index contributed by atoms with van der Waals surface area (Å²) in [5.74, 6) is 1.32. The van der Waals surface area contributed by atoms with E-state index in [1.54, 1.807) is 16.0 Å². The molecular formula is C10H9N5S. The maximum absolute atomic E-state index is 5.88. The molecule has 0 spiro atoms. The molecule has 3 rings (SSSR count). The zero-order valence-corrected chi connectivity index (χ0v) is 9.40. The largest absolute Gasteiger partial charge is 0.384 e. The Hall–Kier alpha value is -1.95. The van der Waals surface area contributed by atoms with Gasteiger partial charge in [0.05, 0.1) is 11.1 Å². The van der Waals surface area contributed by atoms with E-state index in [1.807, 2.05) is 24.4 Å². The number of aromatic nitrogens is 4. The van der Waals surface area contributed by atoms with Crippen LogP contribution in [-0.4, -0.2) is 19.7 Å². The molecule has 0 amide bonds. The molecule has 5 nitrogen and oxygen atoms in total. The summed E-state index contributed by atoms with van der Waals surface area (Å²) in [4.78, 5) is 9.37. The summed E-state index contributed by atoms with van der Waals surface area (Å²) in [5, 5.41) is 7.27. The van der Waals surface area contributed by atoms with E-state index in [0.717, 1.165) is 21.7 Å². The molecule has 3 aromatic rings. The lowest BCUT2D eigenvalue weighted by Crippen LogP contribution is -2.04. The van der Waals surface area contributed by atoms with Crippen LogP contribution in [0.15, 0.2) is 23.8 Å². The van der Waals surface area contributed by atoms with Crippen molar-refractivity contribution in [2.24, 2.45) is 0 Å². The minimum Gasteiger partial charge on any atom is -0.384 e. The van der Waals surface area contributed by atoms with Crippen molar-refractivity contribution in [3.05, 3.63) is 29.5 Å². The molecule has 0 atom stereocenters. The quantitative estimate of drug-likeness (QED) is 0.693. The van der Waals surface area contributed by atoms with E-state index in [1.165, 1.54) is 6.33 Å². The summed E-state index contributed by atoms with van der Waals surface area (Å²) < 4.78 is 1.64. The molecule has 0 saturated heterocycles. The van der Waals surface area contributed by atoms with Crippen molar-refractivity contribution < 1.29 is 0 Å². The number of hydrogen-bond acceptors (Lipinski definition) is 5. The third-order valence-electron chi connectivity index (χ3n) is 2.30. The molecule has 0 aliphatic heterocycles. The highest BCUT2D eigenvalue weighted by atomic mass is 32.1. The zero-order chi connectivity index (χ0) is 11.1. The molecule has 0 radical (unpaired) electrons. The molecule has 0 unspecified atom stereocenters. The highest BCUT2D eigenvalue weighted by molar-refractivity contribution is 7.16. The summed E-state index contributed by atoms with van der Waals surface area (Å²) in [6, 6.07) is 3.80. The van der Waals surface area contributed by atoms with Crippen LogP contribution in [0.25, 0.3) is 16.0 Å². The van der Waals surface area contributed by atoms with Crippen LogP contribution in [0.5, 0.6) is 0 Å².